The van der Waals surface area contributed by atoms with E-state index < -0.39 is 5.41 Å². The van der Waals surface area contributed by atoms with E-state index in [9.17, 15) is 9.90 Å². The number of allylic oxidation sites excluding steroid dienone is 1. The summed E-state index contributed by atoms with van der Waals surface area (Å²) >= 11 is 0. The molecule has 1 unspecified atom stereocenters. The Morgan fingerprint density at radius 2 is 1.88 bits per heavy atom. The van der Waals surface area contributed by atoms with E-state index in [-0.39, 0.29) is 40.5 Å². The number of likely N-dealkylation sites (N-methyl/N-ethyl adjacent to an activating group) is 1. The Morgan fingerprint density at radius 1 is 1.12 bits per heavy atom. The first kappa shape index (κ1) is 22.9. The highest BCUT2D eigenvalue weighted by Gasteiger charge is 2.60. The average molecular weight is 500 g/mol. The SMILES string of the molecule is Br.COC1=C[C@H]2[C@@H]3Cc4ccc(OC)c([O-])c4[C@]2(CC[N+]3(C)Cc2ccccc2)CC1=O. The maximum atomic E-state index is 13.4. The molecule has 3 aliphatic rings. The van der Waals surface area contributed by atoms with Crippen LogP contribution < -0.4 is 9.84 Å². The fraction of sp³-hybridized carbons (Fsp3) is 0.423. The summed E-state index contributed by atoms with van der Waals surface area (Å²) in [5.74, 6) is 0.829. The van der Waals surface area contributed by atoms with Gasteiger partial charge in [-0.3, -0.25) is 4.79 Å². The summed E-state index contributed by atoms with van der Waals surface area (Å²) in [5.41, 5.74) is 2.72. The Balaban J connectivity index is 0.00000245. The lowest BCUT2D eigenvalue weighted by molar-refractivity contribution is -0.956. The number of piperidine rings is 1. The van der Waals surface area contributed by atoms with Crippen LogP contribution in [0.25, 0.3) is 0 Å². The second kappa shape index (κ2) is 8.23. The van der Waals surface area contributed by atoms with Crippen molar-refractivity contribution in [1.82, 2.24) is 0 Å². The zero-order valence-corrected chi connectivity index (χ0v) is 20.5. The third-order valence-corrected chi connectivity index (χ3v) is 7.97. The molecule has 2 aromatic rings. The first-order valence-electron chi connectivity index (χ1n) is 11.0. The quantitative estimate of drug-likeness (QED) is 0.602. The van der Waals surface area contributed by atoms with Gasteiger partial charge in [0.05, 0.1) is 27.8 Å². The molecule has 170 valence electrons. The van der Waals surface area contributed by atoms with Gasteiger partial charge in [-0.05, 0) is 23.3 Å². The molecule has 2 aromatic carbocycles. The Labute approximate surface area is 200 Å². The number of hydrogen-bond donors (Lipinski definition) is 0. The minimum Gasteiger partial charge on any atom is -0.870 e. The number of methoxy groups -OCH3 is 2. The van der Waals surface area contributed by atoms with Crippen molar-refractivity contribution in [3.8, 4) is 11.5 Å². The van der Waals surface area contributed by atoms with Crippen LogP contribution >= 0.6 is 17.0 Å². The molecule has 6 heteroatoms. The molecule has 1 saturated heterocycles. The molecule has 2 bridgehead atoms. The van der Waals surface area contributed by atoms with Gasteiger partial charge in [-0.1, -0.05) is 42.1 Å². The van der Waals surface area contributed by atoms with E-state index in [0.717, 1.165) is 41.5 Å². The van der Waals surface area contributed by atoms with Crippen molar-refractivity contribution in [3.05, 3.63) is 71.0 Å². The lowest BCUT2D eigenvalue weighted by atomic mass is 9.53. The molecular formula is C26H30BrNO4. The van der Waals surface area contributed by atoms with Gasteiger partial charge in [-0.25, -0.2) is 0 Å². The number of Topliss-reactive ketones (excluding diaryl/α,β-unsaturated/α-hetero) is 1. The van der Waals surface area contributed by atoms with E-state index in [4.69, 9.17) is 9.47 Å². The van der Waals surface area contributed by atoms with E-state index in [1.165, 1.54) is 12.7 Å². The van der Waals surface area contributed by atoms with Crippen molar-refractivity contribution in [2.24, 2.45) is 5.92 Å². The highest BCUT2D eigenvalue weighted by molar-refractivity contribution is 8.93. The molecular weight excluding hydrogens is 470 g/mol. The Morgan fingerprint density at radius 3 is 2.56 bits per heavy atom. The summed E-state index contributed by atoms with van der Waals surface area (Å²) < 4.78 is 11.7. The monoisotopic (exact) mass is 499 g/mol. The van der Waals surface area contributed by atoms with Gasteiger partial charge in [0.15, 0.2) is 11.5 Å². The van der Waals surface area contributed by atoms with Gasteiger partial charge in [0.1, 0.15) is 18.3 Å². The lowest BCUT2D eigenvalue weighted by Crippen LogP contribution is -2.68. The second-order valence-corrected chi connectivity index (χ2v) is 9.52. The van der Waals surface area contributed by atoms with Crippen molar-refractivity contribution in [1.29, 1.82) is 0 Å². The molecule has 0 amide bonds. The summed E-state index contributed by atoms with van der Waals surface area (Å²) in [6.45, 7) is 1.85. The molecule has 5 nitrogen and oxygen atoms in total. The number of benzene rings is 2. The van der Waals surface area contributed by atoms with Gasteiger partial charge in [0.2, 0.25) is 0 Å². The first-order valence-corrected chi connectivity index (χ1v) is 11.0. The summed E-state index contributed by atoms with van der Waals surface area (Å²) in [4.78, 5) is 13.0. The van der Waals surface area contributed by atoms with Crippen molar-refractivity contribution < 1.29 is 23.9 Å². The van der Waals surface area contributed by atoms with Gasteiger partial charge in [0.25, 0.3) is 0 Å². The van der Waals surface area contributed by atoms with Crippen LogP contribution in [0.4, 0.5) is 0 Å². The number of fused-ring (bicyclic) bond motifs is 1. The average Bonchev–Trinajstić information content (AvgIpc) is 2.76. The molecule has 2 aliphatic carbocycles. The van der Waals surface area contributed by atoms with E-state index >= 15 is 0 Å². The number of halogens is 1. The van der Waals surface area contributed by atoms with Crippen LogP contribution in [0.5, 0.6) is 11.5 Å². The van der Waals surface area contributed by atoms with Crippen LogP contribution in [-0.2, 0) is 27.9 Å². The molecule has 0 aromatic heterocycles. The topological polar surface area (TPSA) is 58.6 Å². The predicted octanol–water partition coefficient (Wildman–Crippen LogP) is 3.68. The summed E-state index contributed by atoms with van der Waals surface area (Å²) in [5, 5.41) is 13.4. The summed E-state index contributed by atoms with van der Waals surface area (Å²) in [7, 11) is 5.42. The molecule has 0 N–H and O–H groups in total. The number of ether oxygens (including phenoxy) is 2. The third kappa shape index (κ3) is 3.27. The third-order valence-electron chi connectivity index (χ3n) is 7.97. The molecule has 1 aliphatic heterocycles. The maximum absolute atomic E-state index is 13.4. The van der Waals surface area contributed by atoms with Gasteiger partial charge in [0, 0.05) is 36.2 Å². The van der Waals surface area contributed by atoms with Gasteiger partial charge >= 0.3 is 0 Å². The van der Waals surface area contributed by atoms with Crippen molar-refractivity contribution in [3.63, 3.8) is 0 Å². The highest BCUT2D eigenvalue weighted by atomic mass is 79.9. The fourth-order valence-electron chi connectivity index (χ4n) is 6.46. The number of carbonyl (C=O) groups is 1. The van der Waals surface area contributed by atoms with Gasteiger partial charge < -0.3 is 19.1 Å². The minimum absolute atomic E-state index is 0. The van der Waals surface area contributed by atoms with Crippen molar-refractivity contribution >= 4 is 22.8 Å². The van der Waals surface area contributed by atoms with Crippen molar-refractivity contribution in [2.75, 3.05) is 27.8 Å². The molecule has 0 saturated carbocycles. The highest BCUT2D eigenvalue weighted by Crippen LogP contribution is 2.58. The van der Waals surface area contributed by atoms with Crippen LogP contribution in [0.2, 0.25) is 0 Å². The number of hydrogen-bond acceptors (Lipinski definition) is 4. The zero-order valence-electron chi connectivity index (χ0n) is 18.8. The number of likely N-dealkylation sites (tertiary alicyclic amines) is 1. The molecule has 5 rings (SSSR count). The van der Waals surface area contributed by atoms with Crippen LogP contribution in [-0.4, -0.2) is 44.1 Å². The normalized spacial score (nSPS) is 30.3. The number of rotatable bonds is 4. The van der Waals surface area contributed by atoms with Crippen LogP contribution in [0.3, 0.4) is 0 Å². The van der Waals surface area contributed by atoms with Crippen molar-refractivity contribution in [2.45, 2.75) is 37.3 Å². The zero-order chi connectivity index (χ0) is 21.8. The number of carbonyl (C=O) groups excluding carboxylic acids is 1. The maximum Gasteiger partial charge on any atom is 0.197 e. The fourth-order valence-corrected chi connectivity index (χ4v) is 6.46. The van der Waals surface area contributed by atoms with Crippen LogP contribution in [0.15, 0.2) is 54.3 Å². The Kier molecular flexibility index (Phi) is 5.88. The number of nitrogens with zero attached hydrogens (tertiary/aromatic N) is 1. The lowest BCUT2D eigenvalue weighted by Gasteiger charge is -2.60. The van der Waals surface area contributed by atoms with E-state index in [2.05, 4.69) is 31.3 Å². The standard InChI is InChI=1S/C26H29NO4.BrH/c1-27(16-17-7-5-4-6-8-17)12-11-26-15-21(28)23(31-3)14-19(26)20(27)13-18-9-10-22(30-2)25(29)24(18)26;/h4-10,14,19-20H,11-13,15-16H2,1-3H3;1H/t19-,20-,26+,27?;/m0./s1. The van der Waals surface area contributed by atoms with E-state index in [0.29, 0.717) is 17.9 Å². The second-order valence-electron chi connectivity index (χ2n) is 9.52. The van der Waals surface area contributed by atoms with Crippen LogP contribution in [0.1, 0.15) is 29.5 Å². The summed E-state index contributed by atoms with van der Waals surface area (Å²) in [6.07, 6.45) is 3.96. The van der Waals surface area contributed by atoms with Gasteiger partial charge in [-0.15, -0.1) is 17.0 Å². The summed E-state index contributed by atoms with van der Waals surface area (Å²) in [6, 6.07) is 14.7. The van der Waals surface area contributed by atoms with Crippen LogP contribution in [0, 0.1) is 5.92 Å². The molecule has 32 heavy (non-hydrogen) atoms. The predicted molar refractivity (Wildman–Crippen MR) is 126 cm³/mol. The Hall–Kier alpha value is -2.31. The molecule has 1 heterocycles. The molecule has 0 spiro atoms. The smallest absolute Gasteiger partial charge is 0.197 e. The first-order chi connectivity index (χ1) is 14.9. The molecule has 1 fully saturated rings. The van der Waals surface area contributed by atoms with E-state index in [1.54, 1.807) is 13.2 Å². The molecule has 4 atom stereocenters. The largest absolute Gasteiger partial charge is 0.870 e. The van der Waals surface area contributed by atoms with E-state index in [1.807, 2.05) is 18.2 Å². The Bertz CT molecular complexity index is 1070. The number of quaternary nitrogens is 1. The minimum atomic E-state index is -0.475. The van der Waals surface area contributed by atoms with Gasteiger partial charge in [-0.2, -0.15) is 0 Å². The number of ketones is 1. The molecule has 0 radical (unpaired) electrons.